The van der Waals surface area contributed by atoms with E-state index in [1.165, 1.54) is 11.0 Å². The first-order valence-corrected chi connectivity index (χ1v) is 15.8. The lowest BCUT2D eigenvalue weighted by Gasteiger charge is -2.51. The SMILES string of the molecule is CC(c1ccc(C2(S(=O)c3cccc(C(F)(F)F)c3)CCN(C(=O)C34CCC(C(=O)N=O)(CC3)CC4)C2)cc1)(C(F)(F)F)C(F)(F)F. The van der Waals surface area contributed by atoms with Gasteiger partial charge in [-0.1, -0.05) is 30.3 Å². The van der Waals surface area contributed by atoms with E-state index in [0.29, 0.717) is 18.2 Å². The molecule has 1 saturated heterocycles. The number of carbonyl (C=O) groups is 2. The van der Waals surface area contributed by atoms with Gasteiger partial charge < -0.3 is 4.90 Å². The van der Waals surface area contributed by atoms with Crippen molar-refractivity contribution in [3.63, 3.8) is 0 Å². The average molecular weight is 697 g/mol. The van der Waals surface area contributed by atoms with Crippen LogP contribution in [0.15, 0.2) is 58.6 Å². The molecule has 2 aromatic carbocycles. The van der Waals surface area contributed by atoms with Crippen LogP contribution in [-0.2, 0) is 36.7 Å². The zero-order valence-electron chi connectivity index (χ0n) is 24.8. The highest BCUT2D eigenvalue weighted by Gasteiger charge is 2.68. The molecule has 2 amide bonds. The minimum Gasteiger partial charge on any atom is -0.340 e. The molecule has 2 aromatic rings. The third-order valence-corrected chi connectivity index (χ3v) is 12.6. The number of halogens is 9. The minimum atomic E-state index is -5.73. The Balaban J connectivity index is 1.53. The van der Waals surface area contributed by atoms with Crippen LogP contribution >= 0.6 is 0 Å². The first-order valence-electron chi connectivity index (χ1n) is 14.7. The second-order valence-electron chi connectivity index (χ2n) is 12.9. The Morgan fingerprint density at radius 2 is 1.30 bits per heavy atom. The molecular formula is C31H29F9N2O4S. The number of benzene rings is 2. The summed E-state index contributed by atoms with van der Waals surface area (Å²) in [6.45, 7) is -0.392. The molecule has 0 radical (unpaired) electrons. The molecule has 2 unspecified atom stereocenters. The minimum absolute atomic E-state index is 0.00437. The van der Waals surface area contributed by atoms with Crippen LogP contribution in [0, 0.1) is 15.7 Å². The van der Waals surface area contributed by atoms with Gasteiger partial charge in [0.05, 0.1) is 26.5 Å². The number of rotatable bonds is 6. The van der Waals surface area contributed by atoms with Crippen LogP contribution in [0.5, 0.6) is 0 Å². The van der Waals surface area contributed by atoms with Gasteiger partial charge in [-0.2, -0.15) is 39.5 Å². The number of hydrogen-bond donors (Lipinski definition) is 0. The summed E-state index contributed by atoms with van der Waals surface area (Å²) in [6.07, 6.45) is -14.9. The monoisotopic (exact) mass is 696 g/mol. The molecule has 47 heavy (non-hydrogen) atoms. The van der Waals surface area contributed by atoms with Crippen molar-refractivity contribution >= 4 is 22.6 Å². The number of likely N-dealkylation sites (tertiary alicyclic amines) is 1. The van der Waals surface area contributed by atoms with E-state index in [9.17, 15) is 58.2 Å². The first kappa shape index (κ1) is 35.0. The van der Waals surface area contributed by atoms with Gasteiger partial charge in [0.1, 0.15) is 0 Å². The van der Waals surface area contributed by atoms with Gasteiger partial charge in [-0.3, -0.25) is 13.8 Å². The normalized spacial score (nSPS) is 27.5. The molecule has 6 rings (SSSR count). The van der Waals surface area contributed by atoms with Crippen LogP contribution < -0.4 is 0 Å². The van der Waals surface area contributed by atoms with Crippen LogP contribution in [0.3, 0.4) is 0 Å². The highest BCUT2D eigenvalue weighted by Crippen LogP contribution is 2.59. The molecule has 6 nitrogen and oxygen atoms in total. The molecule has 3 saturated carbocycles. The lowest BCUT2D eigenvalue weighted by Crippen LogP contribution is -2.53. The zero-order valence-corrected chi connectivity index (χ0v) is 25.6. The number of carbonyl (C=O) groups excluding carboxylic acids is 2. The molecule has 0 aromatic heterocycles. The predicted molar refractivity (Wildman–Crippen MR) is 150 cm³/mol. The maximum absolute atomic E-state index is 14.3. The Morgan fingerprint density at radius 1 is 0.766 bits per heavy atom. The number of amides is 2. The average Bonchev–Trinajstić information content (AvgIpc) is 3.49. The van der Waals surface area contributed by atoms with Crippen molar-refractivity contribution in [2.45, 2.75) is 85.5 Å². The van der Waals surface area contributed by atoms with Crippen LogP contribution in [0.1, 0.15) is 68.6 Å². The molecule has 4 aliphatic rings. The van der Waals surface area contributed by atoms with Gasteiger partial charge in [0.15, 0.2) is 5.41 Å². The van der Waals surface area contributed by atoms with Gasteiger partial charge in [-0.05, 0) is 81.2 Å². The lowest BCUT2D eigenvalue weighted by atomic mass is 9.53. The Kier molecular flexibility index (Phi) is 8.49. The lowest BCUT2D eigenvalue weighted by molar-refractivity contribution is -0.297. The van der Waals surface area contributed by atoms with Crippen molar-refractivity contribution in [3.8, 4) is 0 Å². The fourth-order valence-corrected chi connectivity index (χ4v) is 9.10. The molecule has 256 valence electrons. The Morgan fingerprint density at radius 3 is 1.79 bits per heavy atom. The Hall–Kier alpha value is -3.30. The van der Waals surface area contributed by atoms with Gasteiger partial charge in [-0.25, -0.2) is 0 Å². The highest BCUT2D eigenvalue weighted by molar-refractivity contribution is 7.86. The van der Waals surface area contributed by atoms with E-state index in [-0.39, 0.29) is 81.3 Å². The Bertz CT molecular complexity index is 1570. The van der Waals surface area contributed by atoms with Crippen LogP contribution in [0.4, 0.5) is 39.5 Å². The van der Waals surface area contributed by atoms with Gasteiger partial charge >= 0.3 is 18.5 Å². The van der Waals surface area contributed by atoms with Crippen molar-refractivity contribution in [3.05, 3.63) is 70.1 Å². The molecule has 1 heterocycles. The van der Waals surface area contributed by atoms with Gasteiger partial charge in [-0.15, -0.1) is 4.91 Å². The molecular weight excluding hydrogens is 667 g/mol. The van der Waals surface area contributed by atoms with Gasteiger partial charge in [0.25, 0.3) is 5.91 Å². The van der Waals surface area contributed by atoms with E-state index in [2.05, 4.69) is 5.18 Å². The number of nitrogens with zero attached hydrogens (tertiary/aromatic N) is 2. The Labute approximate surface area is 265 Å². The fourth-order valence-electron chi connectivity index (χ4n) is 7.32. The molecule has 0 spiro atoms. The quantitative estimate of drug-likeness (QED) is 0.227. The summed E-state index contributed by atoms with van der Waals surface area (Å²) in [5.41, 5.74) is -8.38. The van der Waals surface area contributed by atoms with E-state index >= 15 is 0 Å². The second kappa shape index (κ2) is 11.4. The summed E-state index contributed by atoms with van der Waals surface area (Å²) < 4.78 is 136. The molecule has 0 N–H and O–H groups in total. The van der Waals surface area contributed by atoms with Crippen molar-refractivity contribution in [2.24, 2.45) is 16.0 Å². The van der Waals surface area contributed by atoms with Crippen molar-refractivity contribution < 1.29 is 53.3 Å². The summed E-state index contributed by atoms with van der Waals surface area (Å²) in [5, 5.41) is 2.58. The van der Waals surface area contributed by atoms with E-state index in [1.54, 1.807) is 0 Å². The van der Waals surface area contributed by atoms with Crippen LogP contribution in [0.25, 0.3) is 0 Å². The van der Waals surface area contributed by atoms with Crippen molar-refractivity contribution in [1.29, 1.82) is 0 Å². The summed E-state index contributed by atoms with van der Waals surface area (Å²) in [7, 11) is -2.37. The molecule has 4 fully saturated rings. The third kappa shape index (κ3) is 5.57. The smallest absolute Gasteiger partial charge is 0.340 e. The maximum Gasteiger partial charge on any atom is 0.416 e. The van der Waals surface area contributed by atoms with E-state index in [1.807, 2.05) is 0 Å². The summed E-state index contributed by atoms with van der Waals surface area (Å²) in [4.78, 5) is 38.3. The van der Waals surface area contributed by atoms with Crippen molar-refractivity contribution in [1.82, 2.24) is 4.90 Å². The number of fused-ring (bicyclic) bond motifs is 3. The largest absolute Gasteiger partial charge is 0.416 e. The van der Waals surface area contributed by atoms with Gasteiger partial charge in [0, 0.05) is 28.6 Å². The summed E-state index contributed by atoms with van der Waals surface area (Å²) >= 11 is 0. The summed E-state index contributed by atoms with van der Waals surface area (Å²) in [6, 6.07) is 6.78. The highest BCUT2D eigenvalue weighted by atomic mass is 32.2. The summed E-state index contributed by atoms with van der Waals surface area (Å²) in [5.74, 6) is -1.14. The third-order valence-electron chi connectivity index (χ3n) is 10.6. The van der Waals surface area contributed by atoms with Crippen LogP contribution in [0.2, 0.25) is 0 Å². The predicted octanol–water partition coefficient (Wildman–Crippen LogP) is 7.96. The molecule has 16 heteroatoms. The second-order valence-corrected chi connectivity index (χ2v) is 14.7. The molecule has 3 aliphatic carbocycles. The standard InChI is InChI=1S/C31H29F9N2O4S/c1-25(30(35,36)37,31(38,39)40)19-5-7-20(8-6-19)28(47(46)22-4-2-3-21(17-22)29(32,33)34)15-16-42(18-28)24(44)27-12-9-26(10-13-27,11-14-27)23(43)41-45/h2-8,17H,9-16,18H2,1H3. The maximum atomic E-state index is 14.3. The number of nitroso groups, excluding NO2 is 1. The van der Waals surface area contributed by atoms with Crippen LogP contribution in [-0.4, -0.2) is 46.4 Å². The van der Waals surface area contributed by atoms with E-state index in [4.69, 9.17) is 0 Å². The number of hydrogen-bond acceptors (Lipinski definition) is 4. The number of alkyl halides is 9. The van der Waals surface area contributed by atoms with E-state index < -0.39 is 67.4 Å². The topological polar surface area (TPSA) is 83.9 Å². The van der Waals surface area contributed by atoms with E-state index in [0.717, 1.165) is 24.3 Å². The zero-order chi connectivity index (χ0) is 34.8. The molecule has 2 atom stereocenters. The molecule has 1 aliphatic heterocycles. The first-order chi connectivity index (χ1) is 21.7. The van der Waals surface area contributed by atoms with Crippen molar-refractivity contribution in [2.75, 3.05) is 13.1 Å². The molecule has 2 bridgehead atoms. The van der Waals surface area contributed by atoms with Gasteiger partial charge in [0.2, 0.25) is 5.91 Å². The fraction of sp³-hybridized carbons (Fsp3) is 0.548.